The zero-order valence-corrected chi connectivity index (χ0v) is 21.3. The molecule has 0 N–H and O–H groups in total. The van der Waals surface area contributed by atoms with E-state index in [4.69, 9.17) is 0 Å². The summed E-state index contributed by atoms with van der Waals surface area (Å²) in [6.45, 7) is 21.5. The van der Waals surface area contributed by atoms with Crippen molar-refractivity contribution in [2.45, 2.75) is 79.0 Å². The molecule has 3 aromatic rings. The fourth-order valence-electron chi connectivity index (χ4n) is 4.96. The van der Waals surface area contributed by atoms with E-state index in [1.165, 1.54) is 27.5 Å². The zero-order chi connectivity index (χ0) is 22.3. The zero-order valence-electron chi connectivity index (χ0n) is 20.4. The average Bonchev–Trinajstić information content (AvgIpc) is 2.59. The smallest absolute Gasteiger partial charge is 0.00667 e. The molecule has 0 nitrogen and oxygen atoms in total. The van der Waals surface area contributed by atoms with Crippen LogP contribution in [0, 0.1) is 5.41 Å². The van der Waals surface area contributed by atoms with Crippen molar-refractivity contribution in [2.75, 3.05) is 0 Å². The van der Waals surface area contributed by atoms with E-state index in [1.54, 1.807) is 5.30 Å². The first-order valence-corrected chi connectivity index (χ1v) is 12.5. The van der Waals surface area contributed by atoms with E-state index in [2.05, 4.69) is 123 Å². The summed E-state index contributed by atoms with van der Waals surface area (Å²) < 4.78 is 0. The highest BCUT2D eigenvalue weighted by Crippen LogP contribution is 2.59. The van der Waals surface area contributed by atoms with Crippen LogP contribution in [0.25, 0.3) is 21.9 Å². The van der Waals surface area contributed by atoms with Gasteiger partial charge in [0.25, 0.3) is 0 Å². The molecule has 0 atom stereocenters. The molecule has 0 aliphatic heterocycles. The first kappa shape index (κ1) is 23.0. The monoisotopic (exact) mass is 418 g/mol. The fraction of sp³-hybridized carbons (Fsp3) is 0.448. The number of hydrogen-bond donors (Lipinski definition) is 0. The molecule has 0 aliphatic rings. The maximum Gasteiger partial charge on any atom is -0.00667 e. The molecule has 0 heterocycles. The van der Waals surface area contributed by atoms with Crippen molar-refractivity contribution in [2.24, 2.45) is 5.41 Å². The largest absolute Gasteiger partial charge is 0.0636 e. The topological polar surface area (TPSA) is 0 Å². The molecule has 0 bridgehead atoms. The number of rotatable bonds is 3. The molecule has 0 unspecified atom stereocenters. The van der Waals surface area contributed by atoms with Crippen molar-refractivity contribution in [3.63, 3.8) is 0 Å². The SMILES string of the molecule is CC(C)(C)Cc1ccc2ccccc2c1-c1ccccc1P(C(C)(C)C)C(C)(C)C. The Morgan fingerprint density at radius 3 is 1.80 bits per heavy atom. The molecule has 0 saturated carbocycles. The summed E-state index contributed by atoms with van der Waals surface area (Å²) in [5.74, 6) is 0. The van der Waals surface area contributed by atoms with Crippen LogP contribution in [-0.4, -0.2) is 10.3 Å². The average molecular weight is 419 g/mol. The van der Waals surface area contributed by atoms with Crippen LogP contribution in [0.2, 0.25) is 0 Å². The number of hydrogen-bond acceptors (Lipinski definition) is 0. The number of benzene rings is 3. The molecule has 0 fully saturated rings. The van der Waals surface area contributed by atoms with Gasteiger partial charge in [-0.05, 0) is 54.9 Å². The van der Waals surface area contributed by atoms with Gasteiger partial charge < -0.3 is 0 Å². The Morgan fingerprint density at radius 2 is 1.20 bits per heavy atom. The maximum absolute atomic E-state index is 2.42. The van der Waals surface area contributed by atoms with Crippen molar-refractivity contribution >= 4 is 24.0 Å². The predicted molar refractivity (Wildman–Crippen MR) is 139 cm³/mol. The van der Waals surface area contributed by atoms with Gasteiger partial charge in [0.2, 0.25) is 0 Å². The molecule has 30 heavy (non-hydrogen) atoms. The van der Waals surface area contributed by atoms with E-state index in [0.29, 0.717) is 0 Å². The van der Waals surface area contributed by atoms with Gasteiger partial charge >= 0.3 is 0 Å². The van der Waals surface area contributed by atoms with Crippen molar-refractivity contribution in [1.82, 2.24) is 0 Å². The van der Waals surface area contributed by atoms with E-state index < -0.39 is 0 Å². The van der Waals surface area contributed by atoms with Crippen molar-refractivity contribution in [3.8, 4) is 11.1 Å². The van der Waals surface area contributed by atoms with Gasteiger partial charge in [-0.2, -0.15) is 0 Å². The molecular formula is C29H39P. The van der Waals surface area contributed by atoms with Crippen LogP contribution in [0.4, 0.5) is 0 Å². The molecule has 0 aromatic heterocycles. The summed E-state index contributed by atoms with van der Waals surface area (Å²) in [5, 5.41) is 4.72. The van der Waals surface area contributed by atoms with Crippen LogP contribution in [0.3, 0.4) is 0 Å². The molecule has 0 radical (unpaired) electrons. The minimum Gasteiger partial charge on any atom is -0.0636 e. The van der Waals surface area contributed by atoms with Gasteiger partial charge in [0.15, 0.2) is 0 Å². The lowest BCUT2D eigenvalue weighted by molar-refractivity contribution is 0.412. The van der Waals surface area contributed by atoms with Crippen LogP contribution in [0.15, 0.2) is 60.7 Å². The van der Waals surface area contributed by atoms with Gasteiger partial charge in [-0.1, -0.05) is 131 Å². The lowest BCUT2D eigenvalue weighted by Gasteiger charge is -2.43. The molecule has 1 heteroatoms. The maximum atomic E-state index is 2.42. The van der Waals surface area contributed by atoms with E-state index >= 15 is 0 Å². The Hall–Kier alpha value is -1.65. The minimum absolute atomic E-state index is 0.235. The third kappa shape index (κ3) is 4.97. The Morgan fingerprint density at radius 1 is 0.633 bits per heavy atom. The highest BCUT2D eigenvalue weighted by Gasteiger charge is 2.37. The fourth-order valence-corrected chi connectivity index (χ4v) is 9.08. The van der Waals surface area contributed by atoms with E-state index in [0.717, 1.165) is 6.42 Å². The van der Waals surface area contributed by atoms with E-state index in [1.807, 2.05) is 0 Å². The normalized spacial score (nSPS) is 13.3. The number of fused-ring (bicyclic) bond motifs is 1. The van der Waals surface area contributed by atoms with Crippen LogP contribution < -0.4 is 5.30 Å². The third-order valence-corrected chi connectivity index (χ3v) is 9.05. The summed E-state index contributed by atoms with van der Waals surface area (Å²) in [5.41, 5.74) is 4.58. The van der Waals surface area contributed by atoms with Crippen LogP contribution in [0.5, 0.6) is 0 Å². The van der Waals surface area contributed by atoms with Crippen LogP contribution in [0.1, 0.15) is 67.9 Å². The lowest BCUT2D eigenvalue weighted by atomic mass is 9.83. The second-order valence-electron chi connectivity index (χ2n) is 11.8. The molecule has 0 amide bonds. The molecule has 160 valence electrons. The van der Waals surface area contributed by atoms with Crippen LogP contribution >= 0.6 is 7.92 Å². The van der Waals surface area contributed by atoms with Gasteiger partial charge in [0, 0.05) is 0 Å². The molecule has 0 spiro atoms. The van der Waals surface area contributed by atoms with E-state index in [-0.39, 0.29) is 23.6 Å². The molecule has 3 aromatic carbocycles. The van der Waals surface area contributed by atoms with Gasteiger partial charge in [-0.3, -0.25) is 0 Å². The summed E-state index contributed by atoms with van der Waals surface area (Å²) in [6, 6.07) is 22.8. The van der Waals surface area contributed by atoms with Gasteiger partial charge in [0.05, 0.1) is 0 Å². The van der Waals surface area contributed by atoms with Crippen molar-refractivity contribution < 1.29 is 0 Å². The standard InChI is InChI=1S/C29H39P/c1-27(2,3)20-22-19-18-21-14-10-11-15-23(21)26(22)24-16-12-13-17-25(24)30(28(4,5)6)29(7,8)9/h10-19H,20H2,1-9H3. The summed E-state index contributed by atoms with van der Waals surface area (Å²) >= 11 is 0. The highest BCUT2D eigenvalue weighted by atomic mass is 31.1. The Bertz CT molecular complexity index is 1010. The first-order chi connectivity index (χ1) is 13.8. The second kappa shape index (κ2) is 8.12. The third-order valence-electron chi connectivity index (χ3n) is 5.49. The summed E-state index contributed by atoms with van der Waals surface area (Å²) in [6.07, 6.45) is 1.07. The molecule has 0 saturated heterocycles. The van der Waals surface area contributed by atoms with Gasteiger partial charge in [-0.25, -0.2) is 0 Å². The van der Waals surface area contributed by atoms with Gasteiger partial charge in [-0.15, -0.1) is 0 Å². The Balaban J connectivity index is 2.38. The molecular weight excluding hydrogens is 379 g/mol. The quantitative estimate of drug-likeness (QED) is 0.373. The highest BCUT2D eigenvalue weighted by molar-refractivity contribution is 7.68. The van der Waals surface area contributed by atoms with Crippen molar-refractivity contribution in [1.29, 1.82) is 0 Å². The Kier molecular flexibility index (Phi) is 6.23. The summed E-state index contributed by atoms with van der Waals surface area (Å²) in [4.78, 5) is 0. The molecule has 0 aliphatic carbocycles. The van der Waals surface area contributed by atoms with Crippen molar-refractivity contribution in [3.05, 3.63) is 66.2 Å². The minimum atomic E-state index is -0.383. The van der Waals surface area contributed by atoms with Gasteiger partial charge in [0.1, 0.15) is 0 Å². The second-order valence-corrected chi connectivity index (χ2v) is 15.6. The Labute approximate surface area is 185 Å². The summed E-state index contributed by atoms with van der Waals surface area (Å²) in [7, 11) is -0.383. The lowest BCUT2D eigenvalue weighted by Crippen LogP contribution is -2.32. The van der Waals surface area contributed by atoms with E-state index in [9.17, 15) is 0 Å². The first-order valence-electron chi connectivity index (χ1n) is 11.2. The predicted octanol–water partition coefficient (Wildman–Crippen LogP) is 8.80. The molecule has 3 rings (SSSR count). The van der Waals surface area contributed by atoms with Crippen LogP contribution in [-0.2, 0) is 6.42 Å².